The highest BCUT2D eigenvalue weighted by Gasteiger charge is 2.36. The van der Waals surface area contributed by atoms with E-state index < -0.39 is 47.9 Å². The molecule has 1 saturated carbocycles. The molecule has 234 valence electrons. The summed E-state index contributed by atoms with van der Waals surface area (Å²) in [5, 5.41) is 30.5. The van der Waals surface area contributed by atoms with Crippen molar-refractivity contribution in [2.75, 3.05) is 0 Å². The lowest BCUT2D eigenvalue weighted by Crippen LogP contribution is -2.60. The van der Waals surface area contributed by atoms with E-state index in [0.29, 0.717) is 31.6 Å². The lowest BCUT2D eigenvalue weighted by molar-refractivity contribution is -0.133. The molecule has 9 nitrogen and oxygen atoms in total. The average molecular weight is 570 g/mol. The van der Waals surface area contributed by atoms with Gasteiger partial charge in [-0.1, -0.05) is 86.5 Å². The quantitative estimate of drug-likeness (QED) is 0.194. The Morgan fingerprint density at radius 2 is 1.32 bits per heavy atom. The number of nitrogens with one attached hydrogen (secondary N) is 3. The van der Waals surface area contributed by atoms with E-state index in [1.165, 1.54) is 6.42 Å². The molecule has 0 radical (unpaired) electrons. The van der Waals surface area contributed by atoms with Crippen LogP contribution in [0.25, 0.3) is 0 Å². The summed E-state index contributed by atoms with van der Waals surface area (Å²) < 4.78 is 5.37. The fourth-order valence-corrected chi connectivity index (χ4v) is 5.31. The zero-order valence-corrected chi connectivity index (χ0v) is 26.6. The predicted octanol–water partition coefficient (Wildman–Crippen LogP) is 4.68. The molecule has 2 unspecified atom stereocenters. The number of amides is 3. The summed E-state index contributed by atoms with van der Waals surface area (Å²) in [6.45, 7) is 16.9. The van der Waals surface area contributed by atoms with Crippen LogP contribution in [-0.4, -0.2) is 64.1 Å². The van der Waals surface area contributed by atoms with Crippen LogP contribution in [0, 0.1) is 23.7 Å². The van der Waals surface area contributed by atoms with Crippen LogP contribution in [0.4, 0.5) is 4.79 Å². The SMILES string of the molecule is CCC(C)[C@H](NC(=O)OC(C)(C)C)C(=O)N[C@H](C(=O)N[C@@H](CC1CCCCC1)[C@@H](O)[C@@H](O)CC(C)C)C(C)CC. The summed E-state index contributed by atoms with van der Waals surface area (Å²) >= 11 is 0. The molecular weight excluding hydrogens is 510 g/mol. The summed E-state index contributed by atoms with van der Waals surface area (Å²) in [4.78, 5) is 39.7. The van der Waals surface area contributed by atoms with Gasteiger partial charge in [-0.3, -0.25) is 9.59 Å². The zero-order chi connectivity index (χ0) is 30.6. The second-order valence-corrected chi connectivity index (χ2v) is 13.4. The van der Waals surface area contributed by atoms with Crippen molar-refractivity contribution in [2.24, 2.45) is 23.7 Å². The number of carbonyl (C=O) groups is 3. The van der Waals surface area contributed by atoms with Crippen molar-refractivity contribution in [3.8, 4) is 0 Å². The van der Waals surface area contributed by atoms with E-state index in [0.717, 1.165) is 25.7 Å². The van der Waals surface area contributed by atoms with Gasteiger partial charge < -0.3 is 30.9 Å². The molecule has 9 heteroatoms. The number of hydrogen-bond donors (Lipinski definition) is 5. The minimum Gasteiger partial charge on any atom is -0.444 e. The molecule has 0 heterocycles. The molecule has 3 amide bonds. The third-order valence-electron chi connectivity index (χ3n) is 8.12. The van der Waals surface area contributed by atoms with Crippen LogP contribution in [0.2, 0.25) is 0 Å². The smallest absolute Gasteiger partial charge is 0.408 e. The van der Waals surface area contributed by atoms with Crippen molar-refractivity contribution in [2.45, 2.75) is 156 Å². The third kappa shape index (κ3) is 12.8. The molecule has 0 aliphatic heterocycles. The Bertz CT molecular complexity index is 778. The summed E-state index contributed by atoms with van der Waals surface area (Å²) in [7, 11) is 0. The molecule has 7 atom stereocenters. The Hall–Kier alpha value is -1.87. The first kappa shape index (κ1) is 36.2. The van der Waals surface area contributed by atoms with Crippen LogP contribution < -0.4 is 16.0 Å². The summed E-state index contributed by atoms with van der Waals surface area (Å²) in [5.41, 5.74) is -0.714. The van der Waals surface area contributed by atoms with Crippen molar-refractivity contribution >= 4 is 17.9 Å². The van der Waals surface area contributed by atoms with Gasteiger partial charge in [-0.05, 0) is 57.3 Å². The van der Waals surface area contributed by atoms with E-state index in [1.807, 2.05) is 41.5 Å². The highest BCUT2D eigenvalue weighted by molar-refractivity contribution is 5.91. The van der Waals surface area contributed by atoms with Crippen LogP contribution >= 0.6 is 0 Å². The van der Waals surface area contributed by atoms with Crippen molar-refractivity contribution in [3.05, 3.63) is 0 Å². The molecule has 0 spiro atoms. The summed E-state index contributed by atoms with van der Waals surface area (Å²) in [6, 6.07) is -2.37. The molecule has 1 aliphatic rings. The third-order valence-corrected chi connectivity index (χ3v) is 8.12. The van der Waals surface area contributed by atoms with Crippen molar-refractivity contribution in [3.63, 3.8) is 0 Å². The second-order valence-electron chi connectivity index (χ2n) is 13.4. The molecule has 1 aliphatic carbocycles. The molecule has 0 saturated heterocycles. The number of rotatable bonds is 15. The van der Waals surface area contributed by atoms with Gasteiger partial charge in [0, 0.05) is 0 Å². The molecule has 1 rings (SSSR count). The van der Waals surface area contributed by atoms with E-state index in [2.05, 4.69) is 16.0 Å². The molecule has 0 aromatic carbocycles. The van der Waals surface area contributed by atoms with Gasteiger partial charge in [-0.15, -0.1) is 0 Å². The highest BCUT2D eigenvalue weighted by atomic mass is 16.6. The minimum absolute atomic E-state index is 0.192. The van der Waals surface area contributed by atoms with Crippen LogP contribution in [0.15, 0.2) is 0 Å². The predicted molar refractivity (Wildman–Crippen MR) is 159 cm³/mol. The number of aliphatic hydroxyl groups is 2. The van der Waals surface area contributed by atoms with Crippen LogP contribution in [0.3, 0.4) is 0 Å². The number of ether oxygens (including phenoxy) is 1. The number of aliphatic hydroxyl groups excluding tert-OH is 2. The van der Waals surface area contributed by atoms with Gasteiger partial charge in [0.2, 0.25) is 11.8 Å². The standard InChI is InChI=1S/C31H59N3O6/c1-10-20(5)25(33-29(38)26(21(6)11-2)34-30(39)40-31(7,8)9)28(37)32-23(18-22-15-13-12-14-16-22)27(36)24(35)17-19(3)4/h19-27,35-36H,10-18H2,1-9H3,(H,32,37)(H,33,38)(H,34,39)/t20?,21?,23-,24-,25-,26-,27+/m0/s1. The maximum atomic E-state index is 13.7. The zero-order valence-electron chi connectivity index (χ0n) is 26.6. The molecule has 40 heavy (non-hydrogen) atoms. The summed E-state index contributed by atoms with van der Waals surface area (Å²) in [5.74, 6) is -0.678. The maximum Gasteiger partial charge on any atom is 0.408 e. The van der Waals surface area contributed by atoms with Gasteiger partial charge in [-0.25, -0.2) is 4.79 Å². The Morgan fingerprint density at radius 1 is 0.825 bits per heavy atom. The molecule has 0 aromatic heterocycles. The monoisotopic (exact) mass is 569 g/mol. The lowest BCUT2D eigenvalue weighted by atomic mass is 9.82. The Kier molecular flexibility index (Phi) is 15.5. The van der Waals surface area contributed by atoms with Crippen LogP contribution in [-0.2, 0) is 14.3 Å². The molecular formula is C31H59N3O6. The fraction of sp³-hybridized carbons (Fsp3) is 0.903. The highest BCUT2D eigenvalue weighted by Crippen LogP contribution is 2.29. The lowest BCUT2D eigenvalue weighted by Gasteiger charge is -2.35. The second kappa shape index (κ2) is 17.2. The molecule has 5 N–H and O–H groups in total. The largest absolute Gasteiger partial charge is 0.444 e. The van der Waals surface area contributed by atoms with E-state index >= 15 is 0 Å². The maximum absolute atomic E-state index is 13.7. The van der Waals surface area contributed by atoms with E-state index in [4.69, 9.17) is 4.74 Å². The molecule has 1 fully saturated rings. The Morgan fingerprint density at radius 3 is 1.80 bits per heavy atom. The summed E-state index contributed by atoms with van der Waals surface area (Å²) in [6.07, 6.45) is 5.06. The van der Waals surface area contributed by atoms with Gasteiger partial charge >= 0.3 is 6.09 Å². The van der Waals surface area contributed by atoms with Gasteiger partial charge in [-0.2, -0.15) is 0 Å². The van der Waals surface area contributed by atoms with E-state index in [9.17, 15) is 24.6 Å². The first-order valence-corrected chi connectivity index (χ1v) is 15.6. The first-order valence-electron chi connectivity index (χ1n) is 15.6. The average Bonchev–Trinajstić information content (AvgIpc) is 2.87. The Labute approximate surface area is 243 Å². The minimum atomic E-state index is -1.11. The van der Waals surface area contributed by atoms with Gasteiger partial charge in [0.1, 0.15) is 23.8 Å². The topological polar surface area (TPSA) is 137 Å². The number of carbonyl (C=O) groups excluding carboxylic acids is 3. The van der Waals surface area contributed by atoms with Crippen LogP contribution in [0.5, 0.6) is 0 Å². The van der Waals surface area contributed by atoms with Crippen molar-refractivity contribution in [1.82, 2.24) is 16.0 Å². The number of alkyl carbamates (subject to hydrolysis) is 1. The van der Waals surface area contributed by atoms with Gasteiger partial charge in [0.05, 0.1) is 12.1 Å². The molecule has 0 bridgehead atoms. The van der Waals surface area contributed by atoms with Crippen molar-refractivity contribution in [1.29, 1.82) is 0 Å². The van der Waals surface area contributed by atoms with Crippen LogP contribution in [0.1, 0.15) is 120 Å². The molecule has 0 aromatic rings. The number of hydrogen-bond acceptors (Lipinski definition) is 6. The fourth-order valence-electron chi connectivity index (χ4n) is 5.31. The van der Waals surface area contributed by atoms with Crippen molar-refractivity contribution < 1.29 is 29.3 Å². The Balaban J connectivity index is 3.14. The van der Waals surface area contributed by atoms with Gasteiger partial charge in [0.15, 0.2) is 0 Å². The van der Waals surface area contributed by atoms with E-state index in [-0.39, 0.29) is 23.7 Å². The van der Waals surface area contributed by atoms with Gasteiger partial charge in [0.25, 0.3) is 0 Å². The first-order chi connectivity index (χ1) is 18.6. The normalized spacial score (nSPS) is 20.0. The van der Waals surface area contributed by atoms with E-state index in [1.54, 1.807) is 20.8 Å².